The van der Waals surface area contributed by atoms with Crippen LogP contribution in [0.25, 0.3) is 6.08 Å². The molecule has 3 rings (SSSR count). The van der Waals surface area contributed by atoms with Crippen LogP contribution in [0.2, 0.25) is 0 Å². The summed E-state index contributed by atoms with van der Waals surface area (Å²) in [4.78, 5) is 23.8. The van der Waals surface area contributed by atoms with Crippen molar-refractivity contribution >= 4 is 39.4 Å². The van der Waals surface area contributed by atoms with Gasteiger partial charge in [-0.15, -0.1) is 0 Å². The SMILES string of the molecule is COc1ccc(/C=C(\C#N)C(=O)Nc2ccc(C)cc2C)cc1OS(=O)(=O)c1ccc(NC(C)=O)cc1. The number of benzene rings is 3. The highest BCUT2D eigenvalue weighted by molar-refractivity contribution is 7.87. The maximum Gasteiger partial charge on any atom is 0.339 e. The summed E-state index contributed by atoms with van der Waals surface area (Å²) in [5, 5.41) is 14.8. The summed E-state index contributed by atoms with van der Waals surface area (Å²) < 4.78 is 36.3. The summed E-state index contributed by atoms with van der Waals surface area (Å²) in [6.07, 6.45) is 1.32. The van der Waals surface area contributed by atoms with Crippen molar-refractivity contribution in [1.82, 2.24) is 0 Å². The summed E-state index contributed by atoms with van der Waals surface area (Å²) in [5.41, 5.74) is 3.05. The molecular weight excluding hydrogens is 494 g/mol. The van der Waals surface area contributed by atoms with Crippen molar-refractivity contribution in [2.75, 3.05) is 17.7 Å². The number of carbonyl (C=O) groups excluding carboxylic acids is 2. The first-order valence-electron chi connectivity index (χ1n) is 11.0. The van der Waals surface area contributed by atoms with Gasteiger partial charge in [-0.3, -0.25) is 9.59 Å². The highest BCUT2D eigenvalue weighted by Crippen LogP contribution is 2.32. The zero-order valence-corrected chi connectivity index (χ0v) is 21.5. The van der Waals surface area contributed by atoms with Crippen LogP contribution in [0.5, 0.6) is 11.5 Å². The fourth-order valence-corrected chi connectivity index (χ4v) is 4.31. The van der Waals surface area contributed by atoms with Gasteiger partial charge in [0, 0.05) is 18.3 Å². The molecule has 9 nitrogen and oxygen atoms in total. The third-order valence-corrected chi connectivity index (χ3v) is 6.41. The van der Waals surface area contributed by atoms with E-state index in [1.165, 1.54) is 56.5 Å². The topological polar surface area (TPSA) is 135 Å². The molecule has 0 fully saturated rings. The summed E-state index contributed by atoms with van der Waals surface area (Å²) >= 11 is 0. The molecule has 2 N–H and O–H groups in total. The molecule has 0 bridgehead atoms. The van der Waals surface area contributed by atoms with Crippen molar-refractivity contribution in [3.05, 3.63) is 82.9 Å². The molecule has 0 saturated heterocycles. The normalized spacial score (nSPS) is 11.3. The third kappa shape index (κ3) is 6.96. The number of nitrogens with one attached hydrogen (secondary N) is 2. The fraction of sp³-hybridized carbons (Fsp3) is 0.148. The zero-order chi connectivity index (χ0) is 27.2. The molecule has 0 unspecified atom stereocenters. The number of nitrogens with zero attached hydrogens (tertiary/aromatic N) is 1. The lowest BCUT2D eigenvalue weighted by Gasteiger charge is -2.12. The van der Waals surface area contributed by atoms with Gasteiger partial charge in [0.25, 0.3) is 5.91 Å². The van der Waals surface area contributed by atoms with Gasteiger partial charge in [0.2, 0.25) is 5.91 Å². The lowest BCUT2D eigenvalue weighted by Crippen LogP contribution is -2.14. The van der Waals surface area contributed by atoms with Crippen molar-refractivity contribution in [3.8, 4) is 17.6 Å². The first-order chi connectivity index (χ1) is 17.5. The number of amides is 2. The summed E-state index contributed by atoms with van der Waals surface area (Å²) in [6.45, 7) is 5.12. The Morgan fingerprint density at radius 2 is 1.65 bits per heavy atom. The maximum atomic E-state index is 12.9. The first-order valence-corrected chi connectivity index (χ1v) is 12.4. The molecule has 2 amide bonds. The zero-order valence-electron chi connectivity index (χ0n) is 20.7. The molecule has 10 heteroatoms. The van der Waals surface area contributed by atoms with Crippen molar-refractivity contribution in [3.63, 3.8) is 0 Å². The summed E-state index contributed by atoms with van der Waals surface area (Å²) in [6, 6.07) is 17.2. The summed E-state index contributed by atoms with van der Waals surface area (Å²) in [7, 11) is -2.91. The maximum absolute atomic E-state index is 12.9. The molecular formula is C27H25N3O6S. The second-order valence-corrected chi connectivity index (χ2v) is 9.64. The van der Waals surface area contributed by atoms with E-state index in [0.29, 0.717) is 16.9 Å². The minimum absolute atomic E-state index is 0.130. The summed E-state index contributed by atoms with van der Waals surface area (Å²) in [5.74, 6) is -0.899. The number of hydrogen-bond donors (Lipinski definition) is 2. The van der Waals surface area contributed by atoms with Crippen LogP contribution in [-0.4, -0.2) is 27.3 Å². The predicted octanol–water partition coefficient (Wildman–Crippen LogP) is 4.58. The first kappa shape index (κ1) is 27.0. The predicted molar refractivity (Wildman–Crippen MR) is 140 cm³/mol. The van der Waals surface area contributed by atoms with E-state index >= 15 is 0 Å². The van der Waals surface area contributed by atoms with Gasteiger partial charge in [-0.25, -0.2) is 0 Å². The van der Waals surface area contributed by atoms with E-state index in [0.717, 1.165) is 11.1 Å². The van der Waals surface area contributed by atoms with Gasteiger partial charge in [0.05, 0.1) is 7.11 Å². The van der Waals surface area contributed by atoms with Gasteiger partial charge in [-0.05, 0) is 73.5 Å². The Kier molecular flexibility index (Phi) is 8.32. The number of ether oxygens (including phenoxy) is 1. The van der Waals surface area contributed by atoms with Crippen molar-refractivity contribution in [2.24, 2.45) is 0 Å². The quantitative estimate of drug-likeness (QED) is 0.253. The Bertz CT molecular complexity index is 1520. The Morgan fingerprint density at radius 1 is 0.946 bits per heavy atom. The van der Waals surface area contributed by atoms with Crippen molar-refractivity contribution in [1.29, 1.82) is 5.26 Å². The number of aryl methyl sites for hydroxylation is 2. The highest BCUT2D eigenvalue weighted by Gasteiger charge is 2.20. The van der Waals surface area contributed by atoms with Crippen LogP contribution in [0.15, 0.2) is 71.1 Å². The molecule has 0 heterocycles. The molecule has 0 radical (unpaired) electrons. The van der Waals surface area contributed by atoms with E-state index in [1.807, 2.05) is 32.0 Å². The standard InChI is InChI=1S/C27H25N3O6S/c1-17-5-11-24(18(2)13-17)30-27(32)21(16-28)14-20-6-12-25(35-4)26(15-20)36-37(33,34)23-9-7-22(8-10-23)29-19(3)31/h5-15H,1-4H3,(H,29,31)(H,30,32)/b21-14+. The molecule has 0 saturated carbocycles. The molecule has 0 spiro atoms. The average molecular weight is 520 g/mol. The van der Waals surface area contributed by atoms with Crippen LogP contribution in [0.1, 0.15) is 23.6 Å². The minimum Gasteiger partial charge on any atom is -0.493 e. The van der Waals surface area contributed by atoms with Crippen LogP contribution < -0.4 is 19.6 Å². The van der Waals surface area contributed by atoms with E-state index in [9.17, 15) is 23.3 Å². The van der Waals surface area contributed by atoms with Gasteiger partial charge >= 0.3 is 10.1 Å². The smallest absolute Gasteiger partial charge is 0.339 e. The van der Waals surface area contributed by atoms with E-state index in [2.05, 4.69) is 10.6 Å². The largest absolute Gasteiger partial charge is 0.493 e. The monoisotopic (exact) mass is 519 g/mol. The number of rotatable bonds is 8. The lowest BCUT2D eigenvalue weighted by molar-refractivity contribution is -0.114. The number of methoxy groups -OCH3 is 1. The van der Waals surface area contributed by atoms with Crippen LogP contribution in [0.3, 0.4) is 0 Å². The Morgan fingerprint density at radius 3 is 2.24 bits per heavy atom. The van der Waals surface area contributed by atoms with Gasteiger partial charge < -0.3 is 19.6 Å². The van der Waals surface area contributed by atoms with Crippen LogP contribution >= 0.6 is 0 Å². The highest BCUT2D eigenvalue weighted by atomic mass is 32.2. The third-order valence-electron chi connectivity index (χ3n) is 5.16. The molecule has 3 aromatic carbocycles. The molecule has 0 atom stereocenters. The van der Waals surface area contributed by atoms with Gasteiger partial charge in [-0.2, -0.15) is 13.7 Å². The second kappa shape index (κ2) is 11.4. The molecule has 3 aromatic rings. The lowest BCUT2D eigenvalue weighted by atomic mass is 10.1. The second-order valence-electron chi connectivity index (χ2n) is 8.10. The van der Waals surface area contributed by atoms with Crippen molar-refractivity contribution < 1.29 is 26.9 Å². The molecule has 190 valence electrons. The van der Waals surface area contributed by atoms with Gasteiger partial charge in [0.1, 0.15) is 16.5 Å². The fourth-order valence-electron chi connectivity index (χ4n) is 3.38. The van der Waals surface area contributed by atoms with Gasteiger partial charge in [0.15, 0.2) is 11.5 Å². The number of carbonyl (C=O) groups is 2. The van der Waals surface area contributed by atoms with E-state index in [1.54, 1.807) is 12.1 Å². The number of nitriles is 1. The van der Waals surface area contributed by atoms with Crippen LogP contribution in [0.4, 0.5) is 11.4 Å². The molecule has 0 aliphatic heterocycles. The van der Waals surface area contributed by atoms with Crippen LogP contribution in [-0.2, 0) is 19.7 Å². The van der Waals surface area contributed by atoms with Crippen molar-refractivity contribution in [2.45, 2.75) is 25.7 Å². The Hall–Kier alpha value is -4.62. The number of anilines is 2. The molecule has 0 aliphatic carbocycles. The van der Waals surface area contributed by atoms with E-state index in [-0.39, 0.29) is 27.9 Å². The average Bonchev–Trinajstić information content (AvgIpc) is 2.84. The van der Waals surface area contributed by atoms with Gasteiger partial charge in [-0.1, -0.05) is 23.8 Å². The molecule has 0 aliphatic rings. The Labute approximate surface area is 215 Å². The van der Waals surface area contributed by atoms with E-state index < -0.39 is 16.0 Å². The number of hydrogen-bond acceptors (Lipinski definition) is 7. The van der Waals surface area contributed by atoms with Crippen LogP contribution in [0, 0.1) is 25.2 Å². The molecule has 0 aromatic heterocycles. The molecule has 37 heavy (non-hydrogen) atoms. The minimum atomic E-state index is -4.26. The Balaban J connectivity index is 1.87. The van der Waals surface area contributed by atoms with E-state index in [4.69, 9.17) is 8.92 Å².